The Morgan fingerprint density at radius 1 is 1.16 bits per heavy atom. The summed E-state index contributed by atoms with van der Waals surface area (Å²) in [4.78, 5) is 16.2. The van der Waals surface area contributed by atoms with Crippen molar-refractivity contribution in [3.8, 4) is 11.5 Å². The number of benzene rings is 1. The van der Waals surface area contributed by atoms with Crippen molar-refractivity contribution in [2.75, 3.05) is 24.7 Å². The Labute approximate surface area is 145 Å². The number of nitrogens with zero attached hydrogens (tertiary/aromatic N) is 2. The van der Waals surface area contributed by atoms with Crippen LogP contribution in [0.4, 0.5) is 11.5 Å². The molecule has 7 nitrogen and oxygen atoms in total. The van der Waals surface area contributed by atoms with Gasteiger partial charge in [0.15, 0.2) is 11.5 Å². The molecule has 2 aliphatic rings. The molecule has 0 bridgehead atoms. The number of fused-ring (bicyclic) bond motifs is 1. The highest BCUT2D eigenvalue weighted by atomic mass is 16.6. The zero-order chi connectivity index (χ0) is 17.2. The summed E-state index contributed by atoms with van der Waals surface area (Å²) in [6, 6.07) is 9.25. The Morgan fingerprint density at radius 3 is 2.84 bits per heavy atom. The fourth-order valence-corrected chi connectivity index (χ4v) is 3.56. The predicted octanol–water partition coefficient (Wildman–Crippen LogP) is 2.91. The van der Waals surface area contributed by atoms with E-state index in [9.17, 15) is 10.1 Å². The molecule has 7 heteroatoms. The molecule has 1 saturated heterocycles. The van der Waals surface area contributed by atoms with Gasteiger partial charge < -0.3 is 9.47 Å². The summed E-state index contributed by atoms with van der Waals surface area (Å²) >= 11 is 0. The molecule has 1 fully saturated rings. The Morgan fingerprint density at radius 2 is 2.00 bits per heavy atom. The van der Waals surface area contributed by atoms with E-state index in [4.69, 9.17) is 9.47 Å². The molecule has 2 aromatic rings. The molecule has 1 aromatic heterocycles. The van der Waals surface area contributed by atoms with E-state index in [0.29, 0.717) is 19.0 Å². The van der Waals surface area contributed by atoms with E-state index in [-0.39, 0.29) is 16.7 Å². The first-order valence-electron chi connectivity index (χ1n) is 8.55. The smallest absolute Gasteiger partial charge is 0.357 e. The van der Waals surface area contributed by atoms with Gasteiger partial charge in [-0.15, -0.1) is 0 Å². The van der Waals surface area contributed by atoms with E-state index in [2.05, 4.69) is 9.88 Å². The second-order valence-corrected chi connectivity index (χ2v) is 6.27. The molecule has 2 aliphatic heterocycles. The van der Waals surface area contributed by atoms with Crippen molar-refractivity contribution in [1.82, 2.24) is 0 Å². The second kappa shape index (κ2) is 6.58. The summed E-state index contributed by atoms with van der Waals surface area (Å²) in [6.07, 6.45) is 4.52. The van der Waals surface area contributed by atoms with Crippen LogP contribution < -0.4 is 19.4 Å². The number of aromatic nitrogens is 1. The Hall–Kier alpha value is -2.83. The van der Waals surface area contributed by atoms with Gasteiger partial charge >= 0.3 is 11.5 Å². The van der Waals surface area contributed by atoms with Crippen molar-refractivity contribution in [2.45, 2.75) is 25.3 Å². The molecule has 1 aromatic carbocycles. The number of pyridine rings is 1. The first-order valence-corrected chi connectivity index (χ1v) is 8.55. The van der Waals surface area contributed by atoms with Crippen LogP contribution in [0, 0.1) is 10.1 Å². The normalized spacial score (nSPS) is 19.5. The SMILES string of the molecule is O=[N+]([O-])c1ccc[nH+]c1N1CCC[C@H]1c1ccc2c(c1)OCCCO2. The maximum atomic E-state index is 11.4. The maximum absolute atomic E-state index is 11.4. The Balaban J connectivity index is 1.69. The Bertz CT molecular complexity index is 796. The zero-order valence-electron chi connectivity index (χ0n) is 13.8. The highest BCUT2D eigenvalue weighted by Gasteiger charge is 2.38. The minimum atomic E-state index is -0.338. The van der Waals surface area contributed by atoms with Crippen LogP contribution in [0.2, 0.25) is 0 Å². The number of H-pyrrole nitrogens is 1. The lowest BCUT2D eigenvalue weighted by molar-refractivity contribution is -0.411. The largest absolute Gasteiger partial charge is 0.490 e. The third-order valence-electron chi connectivity index (χ3n) is 4.71. The molecular weight excluding hydrogens is 322 g/mol. The summed E-state index contributed by atoms with van der Waals surface area (Å²) in [7, 11) is 0. The van der Waals surface area contributed by atoms with Gasteiger partial charge in [0.05, 0.1) is 30.9 Å². The standard InChI is InChI=1S/C18H19N3O4/c22-21(23)15-4-1-8-19-18(15)20-9-2-5-14(20)13-6-7-16-17(12-13)25-11-3-10-24-16/h1,4,6-8,12,14H,2-3,5,9-11H2/p+1/t14-/m0/s1. The molecule has 0 radical (unpaired) electrons. The van der Waals surface area contributed by atoms with Gasteiger partial charge in [-0.05, 0) is 31.0 Å². The Kier molecular flexibility index (Phi) is 4.13. The fourth-order valence-electron chi connectivity index (χ4n) is 3.56. The van der Waals surface area contributed by atoms with Crippen molar-refractivity contribution in [1.29, 1.82) is 0 Å². The molecule has 0 spiro atoms. The van der Waals surface area contributed by atoms with Gasteiger partial charge in [-0.2, -0.15) is 0 Å². The molecule has 0 amide bonds. The third kappa shape index (κ3) is 2.97. The van der Waals surface area contributed by atoms with Crippen LogP contribution >= 0.6 is 0 Å². The quantitative estimate of drug-likeness (QED) is 0.633. The number of hydrogen-bond donors (Lipinski definition) is 0. The van der Waals surface area contributed by atoms with E-state index in [0.717, 1.165) is 42.9 Å². The van der Waals surface area contributed by atoms with Crippen LogP contribution in [-0.4, -0.2) is 24.7 Å². The van der Waals surface area contributed by atoms with E-state index in [1.807, 2.05) is 18.2 Å². The monoisotopic (exact) mass is 342 g/mol. The van der Waals surface area contributed by atoms with Crippen molar-refractivity contribution >= 4 is 11.5 Å². The molecule has 1 atom stereocenters. The zero-order valence-corrected chi connectivity index (χ0v) is 13.8. The lowest BCUT2D eigenvalue weighted by Gasteiger charge is -2.20. The van der Waals surface area contributed by atoms with Gasteiger partial charge in [-0.25, -0.2) is 9.88 Å². The molecule has 4 rings (SSSR count). The van der Waals surface area contributed by atoms with Crippen LogP contribution in [-0.2, 0) is 0 Å². The summed E-state index contributed by atoms with van der Waals surface area (Å²) in [6.45, 7) is 2.08. The highest BCUT2D eigenvalue weighted by Crippen LogP contribution is 2.40. The molecule has 3 heterocycles. The van der Waals surface area contributed by atoms with Crippen LogP contribution in [0.1, 0.15) is 30.9 Å². The molecule has 0 aliphatic carbocycles. The molecule has 0 unspecified atom stereocenters. The first kappa shape index (κ1) is 15.7. The lowest BCUT2D eigenvalue weighted by atomic mass is 10.0. The maximum Gasteiger partial charge on any atom is 0.357 e. The lowest BCUT2D eigenvalue weighted by Crippen LogP contribution is -2.29. The first-order chi connectivity index (χ1) is 12.2. The van der Waals surface area contributed by atoms with E-state index in [1.54, 1.807) is 12.3 Å². The van der Waals surface area contributed by atoms with E-state index in [1.165, 1.54) is 6.07 Å². The summed E-state index contributed by atoms with van der Waals surface area (Å²) in [5.74, 6) is 2.08. The van der Waals surface area contributed by atoms with Gasteiger partial charge in [-0.1, -0.05) is 6.07 Å². The molecule has 0 saturated carbocycles. The van der Waals surface area contributed by atoms with Gasteiger partial charge in [0.1, 0.15) is 6.04 Å². The van der Waals surface area contributed by atoms with Gasteiger partial charge in [-0.3, -0.25) is 10.1 Å². The average molecular weight is 342 g/mol. The van der Waals surface area contributed by atoms with Crippen molar-refractivity contribution in [2.24, 2.45) is 0 Å². The van der Waals surface area contributed by atoms with Gasteiger partial charge in [0.25, 0.3) is 0 Å². The number of ether oxygens (including phenoxy) is 2. The van der Waals surface area contributed by atoms with Crippen LogP contribution in [0.3, 0.4) is 0 Å². The molecular formula is C18H20N3O4+. The van der Waals surface area contributed by atoms with Crippen LogP contribution in [0.15, 0.2) is 36.5 Å². The van der Waals surface area contributed by atoms with Gasteiger partial charge in [0.2, 0.25) is 0 Å². The number of anilines is 1. The topological polar surface area (TPSA) is 79.0 Å². The fraction of sp³-hybridized carbons (Fsp3) is 0.389. The molecule has 130 valence electrons. The van der Waals surface area contributed by atoms with Crippen molar-refractivity contribution in [3.05, 3.63) is 52.2 Å². The minimum Gasteiger partial charge on any atom is -0.490 e. The van der Waals surface area contributed by atoms with Crippen LogP contribution in [0.25, 0.3) is 0 Å². The number of nitro groups is 1. The summed E-state index contributed by atoms with van der Waals surface area (Å²) < 4.78 is 11.5. The minimum absolute atomic E-state index is 0.0782. The number of rotatable bonds is 3. The van der Waals surface area contributed by atoms with Crippen molar-refractivity contribution in [3.63, 3.8) is 0 Å². The van der Waals surface area contributed by atoms with E-state index < -0.39 is 0 Å². The number of hydrogen-bond acceptors (Lipinski definition) is 5. The van der Waals surface area contributed by atoms with E-state index >= 15 is 0 Å². The predicted molar refractivity (Wildman–Crippen MR) is 91.0 cm³/mol. The summed E-state index contributed by atoms with van der Waals surface area (Å²) in [5, 5.41) is 11.4. The third-order valence-corrected chi connectivity index (χ3v) is 4.71. The van der Waals surface area contributed by atoms with Crippen molar-refractivity contribution < 1.29 is 19.4 Å². The molecule has 25 heavy (non-hydrogen) atoms. The van der Waals surface area contributed by atoms with Crippen LogP contribution in [0.5, 0.6) is 11.5 Å². The summed E-state index contributed by atoms with van der Waals surface area (Å²) in [5.41, 5.74) is 1.19. The second-order valence-electron chi connectivity index (χ2n) is 6.27. The number of aromatic amines is 1. The number of nitrogens with one attached hydrogen (secondary N) is 1. The van der Waals surface area contributed by atoms with Gasteiger partial charge in [0, 0.05) is 18.1 Å². The molecule has 1 N–H and O–H groups in total. The average Bonchev–Trinajstić information content (AvgIpc) is 3.00. The highest BCUT2D eigenvalue weighted by molar-refractivity contribution is 5.56.